The maximum absolute atomic E-state index is 12.4. The molecule has 1 unspecified atom stereocenters. The Morgan fingerprint density at radius 1 is 1.00 bits per heavy atom. The first-order valence-electron chi connectivity index (χ1n) is 8.85. The van der Waals surface area contributed by atoms with Crippen molar-refractivity contribution in [3.63, 3.8) is 0 Å². The fourth-order valence-corrected chi connectivity index (χ4v) is 2.83. The number of benzene rings is 2. The highest BCUT2D eigenvalue weighted by atomic mass is 16.5. The summed E-state index contributed by atoms with van der Waals surface area (Å²) in [4.78, 5) is 28.5. The van der Waals surface area contributed by atoms with E-state index in [0.717, 1.165) is 11.3 Å². The SMILES string of the molecule is COC(=O)c1cccc(NC(=O)CNC(c2ccccc2)c2ccccn2)c1. The summed E-state index contributed by atoms with van der Waals surface area (Å²) in [5.41, 5.74) is 2.75. The van der Waals surface area contributed by atoms with Gasteiger partial charge in [-0.2, -0.15) is 0 Å². The van der Waals surface area contributed by atoms with Crippen molar-refractivity contribution >= 4 is 17.6 Å². The van der Waals surface area contributed by atoms with E-state index in [0.29, 0.717) is 11.3 Å². The van der Waals surface area contributed by atoms with Crippen LogP contribution in [0.2, 0.25) is 0 Å². The Hall–Kier alpha value is -3.51. The molecule has 0 fully saturated rings. The number of carbonyl (C=O) groups is 2. The zero-order valence-electron chi connectivity index (χ0n) is 15.5. The summed E-state index contributed by atoms with van der Waals surface area (Å²) in [6, 6.07) is 21.9. The predicted molar refractivity (Wildman–Crippen MR) is 107 cm³/mol. The molecule has 2 aromatic carbocycles. The molecule has 0 saturated carbocycles. The van der Waals surface area contributed by atoms with Gasteiger partial charge in [0.1, 0.15) is 0 Å². The molecule has 6 heteroatoms. The number of hydrogen-bond donors (Lipinski definition) is 2. The highest BCUT2D eigenvalue weighted by Gasteiger charge is 2.16. The number of methoxy groups -OCH3 is 1. The lowest BCUT2D eigenvalue weighted by Crippen LogP contribution is -2.32. The zero-order valence-corrected chi connectivity index (χ0v) is 15.5. The molecule has 0 saturated heterocycles. The van der Waals surface area contributed by atoms with Crippen molar-refractivity contribution in [1.29, 1.82) is 0 Å². The Morgan fingerprint density at radius 3 is 2.50 bits per heavy atom. The van der Waals surface area contributed by atoms with Crippen LogP contribution in [0, 0.1) is 0 Å². The van der Waals surface area contributed by atoms with Crippen molar-refractivity contribution in [3.05, 3.63) is 95.8 Å². The molecule has 6 nitrogen and oxygen atoms in total. The van der Waals surface area contributed by atoms with Gasteiger partial charge in [0.25, 0.3) is 0 Å². The number of aromatic nitrogens is 1. The highest BCUT2D eigenvalue weighted by molar-refractivity contribution is 5.95. The molecule has 3 aromatic rings. The van der Waals surface area contributed by atoms with Gasteiger partial charge in [0.15, 0.2) is 0 Å². The number of ether oxygens (including phenoxy) is 1. The largest absolute Gasteiger partial charge is 0.465 e. The Labute approximate surface area is 163 Å². The standard InChI is InChI=1S/C22H21N3O3/c1-28-22(27)17-10-7-11-18(14-17)25-20(26)15-24-21(16-8-3-2-4-9-16)19-12-5-6-13-23-19/h2-14,21,24H,15H2,1H3,(H,25,26). The van der Waals surface area contributed by atoms with E-state index >= 15 is 0 Å². The van der Waals surface area contributed by atoms with Crippen molar-refractivity contribution in [2.75, 3.05) is 19.0 Å². The topological polar surface area (TPSA) is 80.3 Å². The molecule has 0 aliphatic heterocycles. The van der Waals surface area contributed by atoms with Gasteiger partial charge in [-0.25, -0.2) is 4.79 Å². The first-order chi connectivity index (χ1) is 13.7. The third-order valence-electron chi connectivity index (χ3n) is 4.15. The van der Waals surface area contributed by atoms with Crippen LogP contribution in [0.25, 0.3) is 0 Å². The van der Waals surface area contributed by atoms with Crippen molar-refractivity contribution in [1.82, 2.24) is 10.3 Å². The highest BCUT2D eigenvalue weighted by Crippen LogP contribution is 2.19. The number of esters is 1. The molecule has 0 spiro atoms. The molecule has 3 rings (SSSR count). The summed E-state index contributed by atoms with van der Waals surface area (Å²) in [5.74, 6) is -0.674. The molecule has 0 aliphatic carbocycles. The van der Waals surface area contributed by atoms with Crippen LogP contribution in [0.3, 0.4) is 0 Å². The van der Waals surface area contributed by atoms with Crippen LogP contribution >= 0.6 is 0 Å². The molecule has 28 heavy (non-hydrogen) atoms. The van der Waals surface area contributed by atoms with Crippen LogP contribution in [0.15, 0.2) is 79.0 Å². The number of anilines is 1. The van der Waals surface area contributed by atoms with Crippen molar-refractivity contribution in [3.8, 4) is 0 Å². The molecule has 1 aromatic heterocycles. The smallest absolute Gasteiger partial charge is 0.337 e. The number of nitrogens with one attached hydrogen (secondary N) is 2. The first kappa shape index (κ1) is 19.3. The second-order valence-electron chi connectivity index (χ2n) is 6.10. The van der Waals surface area contributed by atoms with Crippen LogP contribution in [0.5, 0.6) is 0 Å². The molecular weight excluding hydrogens is 354 g/mol. The van der Waals surface area contributed by atoms with Gasteiger partial charge in [-0.1, -0.05) is 42.5 Å². The summed E-state index contributed by atoms with van der Waals surface area (Å²) in [6.45, 7) is 0.0819. The molecule has 142 valence electrons. The van der Waals surface area contributed by atoms with Gasteiger partial charge in [-0.05, 0) is 35.9 Å². The fraction of sp³-hybridized carbons (Fsp3) is 0.136. The van der Waals surface area contributed by atoms with Crippen molar-refractivity contribution in [2.24, 2.45) is 0 Å². The second kappa shape index (κ2) is 9.43. The van der Waals surface area contributed by atoms with Crippen LogP contribution in [0.1, 0.15) is 27.7 Å². The molecule has 1 atom stereocenters. The van der Waals surface area contributed by atoms with Gasteiger partial charge in [-0.15, -0.1) is 0 Å². The summed E-state index contributed by atoms with van der Waals surface area (Å²) in [5, 5.41) is 6.04. The van der Waals surface area contributed by atoms with Crippen molar-refractivity contribution in [2.45, 2.75) is 6.04 Å². The van der Waals surface area contributed by atoms with E-state index in [4.69, 9.17) is 4.74 Å². The third kappa shape index (κ3) is 5.02. The lowest BCUT2D eigenvalue weighted by atomic mass is 10.0. The molecule has 0 aliphatic rings. The molecule has 1 amide bonds. The second-order valence-corrected chi connectivity index (χ2v) is 6.10. The number of amides is 1. The lowest BCUT2D eigenvalue weighted by molar-refractivity contribution is -0.115. The Morgan fingerprint density at radius 2 is 1.79 bits per heavy atom. The van der Waals surface area contributed by atoms with Crippen LogP contribution in [-0.4, -0.2) is 30.5 Å². The summed E-state index contributed by atoms with van der Waals surface area (Å²) in [7, 11) is 1.32. The summed E-state index contributed by atoms with van der Waals surface area (Å²) < 4.78 is 4.70. The average molecular weight is 375 g/mol. The summed E-state index contributed by atoms with van der Waals surface area (Å²) in [6.07, 6.45) is 1.73. The number of carbonyl (C=O) groups excluding carboxylic acids is 2. The summed E-state index contributed by atoms with van der Waals surface area (Å²) >= 11 is 0. The van der Waals surface area contributed by atoms with Crippen molar-refractivity contribution < 1.29 is 14.3 Å². The maximum atomic E-state index is 12.4. The zero-order chi connectivity index (χ0) is 19.8. The van der Waals surface area contributed by atoms with Gasteiger partial charge in [0.2, 0.25) is 5.91 Å². The van der Waals surface area contributed by atoms with E-state index in [1.807, 2.05) is 48.5 Å². The van der Waals surface area contributed by atoms with Crippen LogP contribution in [-0.2, 0) is 9.53 Å². The molecular formula is C22H21N3O3. The Balaban J connectivity index is 1.68. The van der Waals surface area contributed by atoms with E-state index in [1.165, 1.54) is 7.11 Å². The minimum absolute atomic E-state index is 0.0819. The van der Waals surface area contributed by atoms with Gasteiger partial charge < -0.3 is 10.1 Å². The third-order valence-corrected chi connectivity index (χ3v) is 4.15. The van der Waals surface area contributed by atoms with Crippen LogP contribution in [0.4, 0.5) is 5.69 Å². The lowest BCUT2D eigenvalue weighted by Gasteiger charge is -2.18. The molecule has 2 N–H and O–H groups in total. The van der Waals surface area contributed by atoms with Gasteiger partial charge >= 0.3 is 5.97 Å². The van der Waals surface area contributed by atoms with E-state index in [9.17, 15) is 9.59 Å². The molecule has 1 heterocycles. The predicted octanol–water partition coefficient (Wildman–Crippen LogP) is 3.19. The monoisotopic (exact) mass is 375 g/mol. The van der Waals surface area contributed by atoms with E-state index in [2.05, 4.69) is 15.6 Å². The van der Waals surface area contributed by atoms with Gasteiger partial charge in [0, 0.05) is 11.9 Å². The normalized spacial score (nSPS) is 11.5. The maximum Gasteiger partial charge on any atom is 0.337 e. The minimum atomic E-state index is -0.450. The fourth-order valence-electron chi connectivity index (χ4n) is 2.83. The molecule has 0 bridgehead atoms. The Bertz CT molecular complexity index is 891. The van der Waals surface area contributed by atoms with E-state index < -0.39 is 5.97 Å². The van der Waals surface area contributed by atoms with Crippen LogP contribution < -0.4 is 10.6 Å². The first-order valence-corrected chi connectivity index (χ1v) is 8.85. The average Bonchev–Trinajstić information content (AvgIpc) is 2.75. The van der Waals surface area contributed by atoms with E-state index in [1.54, 1.807) is 30.5 Å². The quantitative estimate of drug-likeness (QED) is 0.620. The number of pyridine rings is 1. The van der Waals surface area contributed by atoms with Gasteiger partial charge in [-0.3, -0.25) is 15.1 Å². The minimum Gasteiger partial charge on any atom is -0.465 e. The molecule has 0 radical (unpaired) electrons. The number of rotatable bonds is 7. The number of hydrogen-bond acceptors (Lipinski definition) is 5. The van der Waals surface area contributed by atoms with E-state index in [-0.39, 0.29) is 18.5 Å². The Kier molecular flexibility index (Phi) is 6.49. The number of nitrogens with zero attached hydrogens (tertiary/aromatic N) is 1. The van der Waals surface area contributed by atoms with Gasteiger partial charge in [0.05, 0.1) is 31.0 Å².